The Labute approximate surface area is 163 Å². The highest BCUT2D eigenvalue weighted by molar-refractivity contribution is 6.08. The molecule has 1 aromatic heterocycles. The van der Waals surface area contributed by atoms with E-state index in [9.17, 15) is 18.0 Å². The minimum absolute atomic E-state index is 0.127. The number of amides is 1. The highest BCUT2D eigenvalue weighted by Crippen LogP contribution is 2.29. The molecule has 0 bridgehead atoms. The Kier molecular flexibility index (Phi) is 4.87. The summed E-state index contributed by atoms with van der Waals surface area (Å²) >= 11 is 0. The number of carbonyl (C=O) groups is 1. The Morgan fingerprint density at radius 2 is 1.55 bits per heavy atom. The van der Waals surface area contributed by atoms with Gasteiger partial charge in [-0.2, -0.15) is 0 Å². The maximum absolute atomic E-state index is 13.9. The van der Waals surface area contributed by atoms with E-state index >= 15 is 0 Å². The SMILES string of the molecule is O=C(Nc1c(F)cccc1F)c1ccccc1-c1ncc(-c2ccc(F)cc2)o1. The topological polar surface area (TPSA) is 55.1 Å². The summed E-state index contributed by atoms with van der Waals surface area (Å²) < 4.78 is 46.5. The monoisotopic (exact) mass is 394 g/mol. The minimum atomic E-state index is -0.884. The van der Waals surface area contributed by atoms with Crippen molar-refractivity contribution < 1.29 is 22.4 Å². The van der Waals surface area contributed by atoms with E-state index in [1.165, 1.54) is 30.5 Å². The quantitative estimate of drug-likeness (QED) is 0.485. The fourth-order valence-corrected chi connectivity index (χ4v) is 2.81. The predicted molar refractivity (Wildman–Crippen MR) is 102 cm³/mol. The number of hydrogen-bond acceptors (Lipinski definition) is 3. The van der Waals surface area contributed by atoms with Crippen LogP contribution in [0.15, 0.2) is 77.3 Å². The van der Waals surface area contributed by atoms with Gasteiger partial charge in [0.1, 0.15) is 23.1 Å². The molecule has 144 valence electrons. The van der Waals surface area contributed by atoms with Crippen molar-refractivity contribution in [1.29, 1.82) is 0 Å². The summed E-state index contributed by atoms with van der Waals surface area (Å²) in [7, 11) is 0. The summed E-state index contributed by atoms with van der Waals surface area (Å²) in [5, 5.41) is 2.25. The van der Waals surface area contributed by atoms with Crippen molar-refractivity contribution in [3.05, 3.63) is 95.9 Å². The van der Waals surface area contributed by atoms with E-state index < -0.39 is 23.2 Å². The molecule has 0 aliphatic carbocycles. The van der Waals surface area contributed by atoms with Gasteiger partial charge in [-0.1, -0.05) is 18.2 Å². The molecule has 3 aromatic carbocycles. The molecule has 7 heteroatoms. The Bertz CT molecular complexity index is 1170. The van der Waals surface area contributed by atoms with E-state index in [1.807, 2.05) is 0 Å². The summed E-state index contributed by atoms with van der Waals surface area (Å²) in [6.07, 6.45) is 1.45. The van der Waals surface area contributed by atoms with Crippen LogP contribution in [0.1, 0.15) is 10.4 Å². The number of para-hydroxylation sites is 1. The number of nitrogens with zero attached hydrogens (tertiary/aromatic N) is 1. The standard InChI is InChI=1S/C22H13F3N2O2/c23-14-10-8-13(9-11-14)19-12-26-22(29-19)16-5-2-1-4-15(16)21(28)27-20-17(24)6-3-7-18(20)25/h1-12H,(H,27,28). The van der Waals surface area contributed by atoms with Gasteiger partial charge in [-0.05, 0) is 48.5 Å². The van der Waals surface area contributed by atoms with Gasteiger partial charge in [0.05, 0.1) is 11.8 Å². The van der Waals surface area contributed by atoms with E-state index in [0.29, 0.717) is 16.9 Å². The first-order valence-corrected chi connectivity index (χ1v) is 8.59. The molecule has 4 rings (SSSR count). The second-order valence-electron chi connectivity index (χ2n) is 6.13. The van der Waals surface area contributed by atoms with E-state index in [1.54, 1.807) is 30.3 Å². The third kappa shape index (κ3) is 3.75. The third-order valence-corrected chi connectivity index (χ3v) is 4.24. The van der Waals surface area contributed by atoms with E-state index in [2.05, 4.69) is 10.3 Å². The summed E-state index contributed by atoms with van der Waals surface area (Å²) in [6.45, 7) is 0. The average Bonchev–Trinajstić information content (AvgIpc) is 3.21. The van der Waals surface area contributed by atoms with Crippen LogP contribution in [0.5, 0.6) is 0 Å². The average molecular weight is 394 g/mol. The molecule has 0 atom stereocenters. The molecular formula is C22H13F3N2O2. The van der Waals surface area contributed by atoms with Gasteiger partial charge in [-0.15, -0.1) is 0 Å². The zero-order valence-electron chi connectivity index (χ0n) is 14.8. The maximum atomic E-state index is 13.9. The predicted octanol–water partition coefficient (Wildman–Crippen LogP) is 5.68. The fraction of sp³-hybridized carbons (Fsp3) is 0. The molecule has 1 N–H and O–H groups in total. The molecule has 0 fully saturated rings. The molecule has 0 radical (unpaired) electrons. The highest BCUT2D eigenvalue weighted by Gasteiger charge is 2.19. The molecule has 4 nitrogen and oxygen atoms in total. The fourth-order valence-electron chi connectivity index (χ4n) is 2.81. The van der Waals surface area contributed by atoms with Crippen LogP contribution in [0.25, 0.3) is 22.8 Å². The molecule has 0 aliphatic rings. The van der Waals surface area contributed by atoms with Crippen LogP contribution in [0.4, 0.5) is 18.9 Å². The lowest BCUT2D eigenvalue weighted by Gasteiger charge is -2.09. The van der Waals surface area contributed by atoms with Crippen LogP contribution in [0, 0.1) is 17.5 Å². The molecule has 1 heterocycles. The minimum Gasteiger partial charge on any atom is -0.436 e. The van der Waals surface area contributed by atoms with E-state index in [-0.39, 0.29) is 17.3 Å². The van der Waals surface area contributed by atoms with Crippen LogP contribution < -0.4 is 5.32 Å². The Morgan fingerprint density at radius 3 is 2.28 bits per heavy atom. The number of oxazole rings is 1. The number of nitrogens with one attached hydrogen (secondary N) is 1. The van der Waals surface area contributed by atoms with Gasteiger partial charge < -0.3 is 9.73 Å². The van der Waals surface area contributed by atoms with Gasteiger partial charge in [-0.25, -0.2) is 18.2 Å². The van der Waals surface area contributed by atoms with Gasteiger partial charge in [0.15, 0.2) is 5.76 Å². The van der Waals surface area contributed by atoms with Crippen molar-refractivity contribution >= 4 is 11.6 Å². The lowest BCUT2D eigenvalue weighted by Crippen LogP contribution is -2.15. The normalized spacial score (nSPS) is 10.7. The van der Waals surface area contributed by atoms with Gasteiger partial charge in [0, 0.05) is 11.1 Å². The van der Waals surface area contributed by atoms with Gasteiger partial charge in [0.25, 0.3) is 5.91 Å². The van der Waals surface area contributed by atoms with Crippen molar-refractivity contribution in [2.45, 2.75) is 0 Å². The first-order chi connectivity index (χ1) is 14.0. The van der Waals surface area contributed by atoms with Crippen LogP contribution >= 0.6 is 0 Å². The van der Waals surface area contributed by atoms with E-state index in [0.717, 1.165) is 12.1 Å². The van der Waals surface area contributed by atoms with Crippen LogP contribution in [-0.2, 0) is 0 Å². The van der Waals surface area contributed by atoms with Crippen LogP contribution in [0.3, 0.4) is 0 Å². The first-order valence-electron chi connectivity index (χ1n) is 8.59. The van der Waals surface area contributed by atoms with Crippen molar-refractivity contribution in [2.24, 2.45) is 0 Å². The first kappa shape index (κ1) is 18.5. The molecule has 0 unspecified atom stereocenters. The largest absolute Gasteiger partial charge is 0.436 e. The summed E-state index contributed by atoms with van der Waals surface area (Å²) in [5.74, 6) is -2.34. The molecule has 4 aromatic rings. The summed E-state index contributed by atoms with van der Waals surface area (Å²) in [4.78, 5) is 16.9. The molecule has 29 heavy (non-hydrogen) atoms. The molecule has 0 spiro atoms. The van der Waals surface area contributed by atoms with Gasteiger partial charge >= 0.3 is 0 Å². The maximum Gasteiger partial charge on any atom is 0.256 e. The highest BCUT2D eigenvalue weighted by atomic mass is 19.1. The number of benzene rings is 3. The summed E-state index contributed by atoms with van der Waals surface area (Å²) in [5.41, 5.74) is 0.546. The number of halogens is 3. The number of hydrogen-bond donors (Lipinski definition) is 1. The molecule has 0 aliphatic heterocycles. The van der Waals surface area contributed by atoms with Crippen LogP contribution in [-0.4, -0.2) is 10.9 Å². The zero-order chi connectivity index (χ0) is 20.4. The van der Waals surface area contributed by atoms with Gasteiger partial charge in [0.2, 0.25) is 5.89 Å². The Morgan fingerprint density at radius 1 is 0.862 bits per heavy atom. The smallest absolute Gasteiger partial charge is 0.256 e. The lowest BCUT2D eigenvalue weighted by molar-refractivity contribution is 0.102. The number of carbonyl (C=O) groups excluding carboxylic acids is 1. The Hall–Kier alpha value is -3.87. The molecule has 0 saturated heterocycles. The van der Waals surface area contributed by atoms with Gasteiger partial charge in [-0.3, -0.25) is 4.79 Å². The lowest BCUT2D eigenvalue weighted by atomic mass is 10.1. The number of aromatic nitrogens is 1. The van der Waals surface area contributed by atoms with Crippen molar-refractivity contribution in [2.75, 3.05) is 5.32 Å². The zero-order valence-corrected chi connectivity index (χ0v) is 14.8. The number of anilines is 1. The van der Waals surface area contributed by atoms with Crippen molar-refractivity contribution in [3.8, 4) is 22.8 Å². The van der Waals surface area contributed by atoms with Crippen molar-refractivity contribution in [1.82, 2.24) is 4.98 Å². The second-order valence-corrected chi connectivity index (χ2v) is 6.13. The second kappa shape index (κ2) is 7.63. The number of rotatable bonds is 4. The van der Waals surface area contributed by atoms with Crippen LogP contribution in [0.2, 0.25) is 0 Å². The van der Waals surface area contributed by atoms with E-state index in [4.69, 9.17) is 4.42 Å². The Balaban J connectivity index is 1.67. The molecule has 1 amide bonds. The third-order valence-electron chi connectivity index (χ3n) is 4.24. The molecule has 0 saturated carbocycles. The molecular weight excluding hydrogens is 381 g/mol. The summed E-state index contributed by atoms with van der Waals surface area (Å²) in [6, 6.07) is 15.4. The van der Waals surface area contributed by atoms with Crippen molar-refractivity contribution in [3.63, 3.8) is 0 Å².